The SMILES string of the molecule is CCCCCCCOc1ccc(C2C(C#N)=C(N)Oc3cc(OC(=O)c4ccc(OC)c(Cl)c4)ccc32)cc1OC. The predicted octanol–water partition coefficient (Wildman–Crippen LogP) is 7.14. The molecule has 0 aliphatic carbocycles. The Kier molecular flexibility index (Phi) is 9.99. The third kappa shape index (κ3) is 6.87. The molecule has 8 nitrogen and oxygen atoms in total. The Balaban J connectivity index is 1.57. The van der Waals surface area contributed by atoms with E-state index in [9.17, 15) is 10.1 Å². The van der Waals surface area contributed by atoms with Crippen LogP contribution in [0.1, 0.15) is 66.4 Å². The minimum atomic E-state index is -0.603. The van der Waals surface area contributed by atoms with E-state index in [1.54, 1.807) is 37.4 Å². The molecule has 2 N–H and O–H groups in total. The Bertz CT molecular complexity index is 1480. The van der Waals surface area contributed by atoms with Gasteiger partial charge in [0.1, 0.15) is 28.9 Å². The second-order valence-corrected chi connectivity index (χ2v) is 9.94. The summed E-state index contributed by atoms with van der Waals surface area (Å²) < 4.78 is 28.1. The molecule has 1 heterocycles. The Hall–Kier alpha value is -4.35. The lowest BCUT2D eigenvalue weighted by molar-refractivity contribution is 0.0734. The number of methoxy groups -OCH3 is 2. The lowest BCUT2D eigenvalue weighted by atomic mass is 9.83. The maximum atomic E-state index is 12.8. The number of carbonyl (C=O) groups is 1. The number of nitriles is 1. The normalized spacial score (nSPS) is 14.0. The highest BCUT2D eigenvalue weighted by molar-refractivity contribution is 6.32. The fourth-order valence-electron chi connectivity index (χ4n) is 4.67. The lowest BCUT2D eigenvalue weighted by Crippen LogP contribution is -2.21. The first kappa shape index (κ1) is 29.6. The van der Waals surface area contributed by atoms with Crippen LogP contribution in [0.2, 0.25) is 5.02 Å². The summed E-state index contributed by atoms with van der Waals surface area (Å²) in [7, 11) is 3.07. The summed E-state index contributed by atoms with van der Waals surface area (Å²) in [6.07, 6.45) is 5.70. The largest absolute Gasteiger partial charge is 0.495 e. The number of halogens is 1. The number of rotatable bonds is 12. The number of allylic oxidation sites excluding steroid dienone is 1. The van der Waals surface area contributed by atoms with Crippen LogP contribution in [-0.2, 0) is 0 Å². The van der Waals surface area contributed by atoms with E-state index in [0.717, 1.165) is 18.4 Å². The number of esters is 1. The van der Waals surface area contributed by atoms with E-state index in [-0.39, 0.29) is 22.8 Å². The average molecular weight is 577 g/mol. The van der Waals surface area contributed by atoms with Gasteiger partial charge in [0.15, 0.2) is 11.5 Å². The molecule has 41 heavy (non-hydrogen) atoms. The summed E-state index contributed by atoms with van der Waals surface area (Å²) in [5.74, 6) is 1.11. The molecule has 1 unspecified atom stereocenters. The molecule has 0 amide bonds. The predicted molar refractivity (Wildman–Crippen MR) is 156 cm³/mol. The molecule has 1 aliphatic rings. The van der Waals surface area contributed by atoms with Crippen LogP contribution in [0, 0.1) is 11.3 Å². The first-order chi connectivity index (χ1) is 19.9. The number of ether oxygens (including phenoxy) is 5. The second-order valence-electron chi connectivity index (χ2n) is 9.54. The highest BCUT2D eigenvalue weighted by atomic mass is 35.5. The molecule has 1 atom stereocenters. The molecule has 0 radical (unpaired) electrons. The van der Waals surface area contributed by atoms with Gasteiger partial charge in [0, 0.05) is 11.6 Å². The van der Waals surface area contributed by atoms with Crippen LogP contribution < -0.4 is 29.4 Å². The van der Waals surface area contributed by atoms with Gasteiger partial charge in [-0.05, 0) is 48.4 Å². The smallest absolute Gasteiger partial charge is 0.343 e. The van der Waals surface area contributed by atoms with E-state index < -0.39 is 11.9 Å². The molecule has 0 saturated heterocycles. The van der Waals surface area contributed by atoms with Gasteiger partial charge in [-0.2, -0.15) is 5.26 Å². The van der Waals surface area contributed by atoms with Crippen LogP contribution in [0.3, 0.4) is 0 Å². The molecule has 0 saturated carbocycles. The van der Waals surface area contributed by atoms with E-state index in [4.69, 9.17) is 41.0 Å². The molecular weight excluding hydrogens is 544 g/mol. The standard InChI is InChI=1S/C32H33ClN2O6/c1-4-5-6-7-8-15-39-27-14-9-20(17-29(27)38-3)30-23-12-11-22(18-28(23)41-31(35)24(30)19-34)40-32(36)21-10-13-26(37-2)25(33)16-21/h9-14,16-18,30H,4-8,15,35H2,1-3H3. The number of carbonyl (C=O) groups excluding carboxylic acids is 1. The molecular formula is C32H33ClN2O6. The van der Waals surface area contributed by atoms with Crippen molar-refractivity contribution in [2.75, 3.05) is 20.8 Å². The van der Waals surface area contributed by atoms with Crippen molar-refractivity contribution >= 4 is 17.6 Å². The summed E-state index contributed by atoms with van der Waals surface area (Å²) in [6.45, 7) is 2.79. The third-order valence-electron chi connectivity index (χ3n) is 6.82. The van der Waals surface area contributed by atoms with Gasteiger partial charge < -0.3 is 29.4 Å². The van der Waals surface area contributed by atoms with E-state index >= 15 is 0 Å². The van der Waals surface area contributed by atoms with Gasteiger partial charge in [-0.1, -0.05) is 56.3 Å². The Labute approximate surface area is 245 Å². The molecule has 4 rings (SSSR count). The summed E-state index contributed by atoms with van der Waals surface area (Å²) in [5.41, 5.74) is 8.17. The number of hydrogen-bond donors (Lipinski definition) is 1. The number of unbranched alkanes of at least 4 members (excludes halogenated alkanes) is 4. The van der Waals surface area contributed by atoms with Gasteiger partial charge in [0.25, 0.3) is 0 Å². The fraction of sp³-hybridized carbons (Fsp3) is 0.312. The zero-order chi connectivity index (χ0) is 29.4. The van der Waals surface area contributed by atoms with E-state index in [1.165, 1.54) is 32.4 Å². The Morgan fingerprint density at radius 3 is 2.44 bits per heavy atom. The van der Waals surface area contributed by atoms with Crippen LogP contribution in [0.15, 0.2) is 66.1 Å². The van der Waals surface area contributed by atoms with Gasteiger partial charge in [0.05, 0.1) is 37.3 Å². The number of nitrogens with two attached hydrogens (primary N) is 1. The molecule has 1 aliphatic heterocycles. The summed E-state index contributed by atoms with van der Waals surface area (Å²) >= 11 is 6.15. The minimum absolute atomic E-state index is 0.0261. The number of hydrogen-bond acceptors (Lipinski definition) is 8. The van der Waals surface area contributed by atoms with Crippen molar-refractivity contribution in [1.82, 2.24) is 0 Å². The average Bonchev–Trinajstić information content (AvgIpc) is 2.98. The van der Waals surface area contributed by atoms with Crippen LogP contribution >= 0.6 is 11.6 Å². The zero-order valence-corrected chi connectivity index (χ0v) is 24.1. The van der Waals surface area contributed by atoms with Crippen molar-refractivity contribution in [3.05, 3.63) is 87.8 Å². The first-order valence-electron chi connectivity index (χ1n) is 13.5. The van der Waals surface area contributed by atoms with Crippen LogP contribution in [-0.4, -0.2) is 26.8 Å². The van der Waals surface area contributed by atoms with E-state index in [0.29, 0.717) is 40.2 Å². The van der Waals surface area contributed by atoms with Crippen molar-refractivity contribution in [1.29, 1.82) is 5.26 Å². The van der Waals surface area contributed by atoms with Crippen LogP contribution in [0.25, 0.3) is 0 Å². The van der Waals surface area contributed by atoms with E-state index in [2.05, 4.69) is 13.0 Å². The lowest BCUT2D eigenvalue weighted by Gasteiger charge is -2.27. The maximum absolute atomic E-state index is 12.8. The number of nitrogens with zero attached hydrogens (tertiary/aromatic N) is 1. The summed E-state index contributed by atoms with van der Waals surface area (Å²) in [4.78, 5) is 12.8. The molecule has 3 aromatic rings. The van der Waals surface area contributed by atoms with Gasteiger partial charge in [-0.25, -0.2) is 4.79 Å². The Morgan fingerprint density at radius 1 is 0.976 bits per heavy atom. The van der Waals surface area contributed by atoms with Crippen molar-refractivity contribution in [2.45, 2.75) is 44.9 Å². The molecule has 0 spiro atoms. The zero-order valence-electron chi connectivity index (χ0n) is 23.4. The molecule has 214 valence electrons. The second kappa shape index (κ2) is 13.8. The highest BCUT2D eigenvalue weighted by Crippen LogP contribution is 2.45. The van der Waals surface area contributed by atoms with Gasteiger partial charge in [0.2, 0.25) is 5.88 Å². The minimum Gasteiger partial charge on any atom is -0.495 e. The van der Waals surface area contributed by atoms with Gasteiger partial charge in [-0.15, -0.1) is 0 Å². The van der Waals surface area contributed by atoms with Crippen molar-refractivity contribution in [3.8, 4) is 34.8 Å². The first-order valence-corrected chi connectivity index (χ1v) is 13.9. The molecule has 0 aromatic heterocycles. The monoisotopic (exact) mass is 576 g/mol. The molecule has 0 fully saturated rings. The van der Waals surface area contributed by atoms with Crippen molar-refractivity contribution < 1.29 is 28.5 Å². The topological polar surface area (TPSA) is 113 Å². The molecule has 9 heteroatoms. The number of benzene rings is 3. The highest BCUT2D eigenvalue weighted by Gasteiger charge is 2.32. The third-order valence-corrected chi connectivity index (χ3v) is 7.11. The molecule has 3 aromatic carbocycles. The molecule has 0 bridgehead atoms. The summed E-state index contributed by atoms with van der Waals surface area (Å²) in [5, 5.41) is 10.2. The number of fused-ring (bicyclic) bond motifs is 1. The maximum Gasteiger partial charge on any atom is 0.343 e. The van der Waals surface area contributed by atoms with E-state index in [1.807, 2.05) is 18.2 Å². The van der Waals surface area contributed by atoms with Crippen LogP contribution in [0.5, 0.6) is 28.7 Å². The van der Waals surface area contributed by atoms with Crippen molar-refractivity contribution in [2.24, 2.45) is 5.73 Å². The van der Waals surface area contributed by atoms with Crippen molar-refractivity contribution in [3.63, 3.8) is 0 Å². The van der Waals surface area contributed by atoms with Gasteiger partial charge in [-0.3, -0.25) is 0 Å². The van der Waals surface area contributed by atoms with Crippen LogP contribution in [0.4, 0.5) is 0 Å². The summed E-state index contributed by atoms with van der Waals surface area (Å²) in [6, 6.07) is 17.3. The quantitative estimate of drug-likeness (QED) is 0.137. The fourth-order valence-corrected chi connectivity index (χ4v) is 4.93. The van der Waals surface area contributed by atoms with Gasteiger partial charge >= 0.3 is 5.97 Å². The Morgan fingerprint density at radius 2 is 1.73 bits per heavy atom.